The van der Waals surface area contributed by atoms with Crippen LogP contribution in [0.4, 0.5) is 0 Å². The zero-order valence-corrected chi connectivity index (χ0v) is 60.6. The normalized spacial score (nSPS) is 11.0. The van der Waals surface area contributed by atoms with Crippen molar-refractivity contribution >= 4 is 51.2 Å². The number of esters is 3. The van der Waals surface area contributed by atoms with Gasteiger partial charge in [0.1, 0.15) is 28.7 Å². The number of unbranched alkanes of at least 4 members (excludes halogenated alkanes) is 2. The highest BCUT2D eigenvalue weighted by Crippen LogP contribution is 2.34. The van der Waals surface area contributed by atoms with E-state index in [-0.39, 0.29) is 38.2 Å². The van der Waals surface area contributed by atoms with Crippen LogP contribution in [-0.4, -0.2) is 79.6 Å². The molecule has 0 N–H and O–H groups in total. The summed E-state index contributed by atoms with van der Waals surface area (Å²) in [6.45, 7) is 32.2. The summed E-state index contributed by atoms with van der Waals surface area (Å²) in [5.74, 6) is 3.00. The lowest BCUT2D eigenvalue weighted by Crippen LogP contribution is -2.44. The van der Waals surface area contributed by atoms with E-state index in [4.69, 9.17) is 31.9 Å². The van der Waals surface area contributed by atoms with Crippen molar-refractivity contribution in [2.45, 2.75) is 203 Å². The average molecular weight is 1290 g/mol. The highest BCUT2D eigenvalue weighted by Gasteiger charge is 2.33. The number of hydrogen-bond acceptors (Lipinski definition) is 11. The number of ether oxygens (including phenoxy) is 6. The number of rotatable bonds is 27. The van der Waals surface area contributed by atoms with E-state index >= 15 is 0 Å². The zero-order valence-electron chi connectivity index (χ0n) is 56.6. The van der Waals surface area contributed by atoms with Gasteiger partial charge >= 0.3 is 17.9 Å². The minimum absolute atomic E-state index is 0. The molecule has 0 unspecified atom stereocenters. The van der Waals surface area contributed by atoms with Gasteiger partial charge in [-0.15, -0.1) is 0 Å². The molecule has 0 aromatic heterocycles. The predicted molar refractivity (Wildman–Crippen MR) is 385 cm³/mol. The van der Waals surface area contributed by atoms with Gasteiger partial charge in [-0.3, -0.25) is 14.4 Å². The molecule has 0 fully saturated rings. The summed E-state index contributed by atoms with van der Waals surface area (Å²) in [6.07, 6.45) is 10.8. The molecule has 0 aliphatic carbocycles. The second-order valence-electron chi connectivity index (χ2n) is 24.9. The van der Waals surface area contributed by atoms with Crippen LogP contribution in [0, 0.1) is 0 Å². The first-order valence-electron chi connectivity index (χ1n) is 31.0. The largest absolute Gasteiger partial charge is 0.497 e. The quantitative estimate of drug-likeness (QED) is 0.0278. The Kier molecular flexibility index (Phi) is 39.9. The Morgan fingerprint density at radius 1 is 0.393 bits per heavy atom. The van der Waals surface area contributed by atoms with E-state index in [1.165, 1.54) is 125 Å². The molecule has 6 aromatic carbocycles. The first kappa shape index (κ1) is 82.9. The average Bonchev–Trinajstić information content (AvgIpc) is 1.12. The van der Waals surface area contributed by atoms with Crippen LogP contribution < -0.4 is 23.7 Å². The number of carbonyl (C=O) groups is 3. The summed E-state index contributed by atoms with van der Waals surface area (Å²) in [4.78, 5) is 31.3. The molecule has 0 aliphatic heterocycles. The molecule has 11 nitrogen and oxygen atoms in total. The minimum atomic E-state index is -1.55. The molecule has 0 bridgehead atoms. The predicted octanol–water partition coefficient (Wildman–Crippen LogP) is 20.3. The molecule has 6 rings (SSSR count). The van der Waals surface area contributed by atoms with Gasteiger partial charge in [-0.1, -0.05) is 165 Å². The van der Waals surface area contributed by atoms with E-state index in [1.54, 1.807) is 33.5 Å². The molecule has 89 heavy (non-hydrogen) atoms. The second-order valence-corrected chi connectivity index (χ2v) is 42.6. The van der Waals surface area contributed by atoms with Crippen LogP contribution >= 0.6 is 0 Å². The number of aryl methyl sites for hydroxylation is 2. The van der Waals surface area contributed by atoms with Gasteiger partial charge in [-0.25, -0.2) is 0 Å². The fourth-order valence-electron chi connectivity index (χ4n) is 9.98. The lowest BCUT2D eigenvalue weighted by atomic mass is 9.78. The Morgan fingerprint density at radius 2 is 0.730 bits per heavy atom. The Hall–Kier alpha value is -6.08. The highest BCUT2D eigenvalue weighted by molar-refractivity contribution is 6.85. The molecule has 0 radical (unpaired) electrons. The van der Waals surface area contributed by atoms with E-state index in [0.717, 1.165) is 35.7 Å². The minimum Gasteiger partial charge on any atom is -0.497 e. The summed E-state index contributed by atoms with van der Waals surface area (Å²) >= 11 is 0. The number of benzene rings is 6. The first-order valence-corrected chi connectivity index (χ1v) is 43.4. The van der Waals surface area contributed by atoms with Crippen molar-refractivity contribution in [1.82, 2.24) is 0 Å². The fraction of sp³-hybridized carbons (Fsp3) is 0.473. The maximum Gasteiger partial charge on any atom is 0.308 e. The van der Waals surface area contributed by atoms with Crippen molar-refractivity contribution in [3.63, 3.8) is 0 Å². The van der Waals surface area contributed by atoms with Crippen LogP contribution in [0.5, 0.6) is 28.7 Å². The molecule has 0 saturated carbocycles. The van der Waals surface area contributed by atoms with Gasteiger partial charge in [0, 0.05) is 26.2 Å². The van der Waals surface area contributed by atoms with E-state index < -0.39 is 33.3 Å². The van der Waals surface area contributed by atoms with Crippen LogP contribution in [0.15, 0.2) is 152 Å². The molecule has 0 saturated heterocycles. The van der Waals surface area contributed by atoms with Gasteiger partial charge in [0.15, 0.2) is 33.3 Å². The van der Waals surface area contributed by atoms with Gasteiger partial charge in [0.25, 0.3) is 0 Å². The van der Waals surface area contributed by atoms with Crippen LogP contribution in [-0.2, 0) is 52.0 Å². The van der Waals surface area contributed by atoms with Crippen molar-refractivity contribution in [1.29, 1.82) is 0 Å². The summed E-state index contributed by atoms with van der Waals surface area (Å²) < 4.78 is 43.2. The van der Waals surface area contributed by atoms with E-state index in [0.29, 0.717) is 11.5 Å². The molecule has 0 aliphatic rings. The number of para-hydroxylation sites is 1. The monoisotopic (exact) mass is 1290 g/mol. The second kappa shape index (κ2) is 42.8. The Balaban J connectivity index is 0.00000112. The molecule has 0 amide bonds. The van der Waals surface area contributed by atoms with Crippen molar-refractivity contribution < 1.29 is 51.0 Å². The molecule has 0 heterocycles. The van der Waals surface area contributed by atoms with Crippen LogP contribution in [0.25, 0.3) is 0 Å². The maximum atomic E-state index is 10.9. The van der Waals surface area contributed by atoms with Gasteiger partial charge in [0.05, 0.1) is 28.4 Å². The van der Waals surface area contributed by atoms with E-state index in [2.05, 4.69) is 145 Å². The van der Waals surface area contributed by atoms with Gasteiger partial charge < -0.3 is 36.7 Å². The van der Waals surface area contributed by atoms with Crippen molar-refractivity contribution in [2.24, 2.45) is 0 Å². The van der Waals surface area contributed by atoms with Crippen LogP contribution in [0.3, 0.4) is 0 Å². The van der Waals surface area contributed by atoms with Crippen molar-refractivity contribution in [3.8, 4) is 28.7 Å². The zero-order chi connectivity index (χ0) is 65.1. The standard InChI is InChI=1S/C18H20O3.C18H34O2Si2.C17H32OSi2.C16H16O3.C3H6O2.2CH4/c1-13(19)21-17-11-7-15(8-12-17)18(2,3)14-5-9-16(20-4)10-6-14;1-7-8-15-21(3,4)20-22(5,6)16-11-13-17-12-9-10-14-18(17)19-2;1-6-7-15-19(2,3)18-20(4,5)16-11-14-17-12-9-8-10-13-17;1-12(17)19-16-9-5-14(6-10-16)11-13-3-7-15(18-2)8-4-13;1-3(4)5-2;;/h5-12H,1-4H3;9-10,12,14H,7-8,11,13,15-16H2,1-6H3;8-10,12-13H,6-7,11,14-16H2,1-5H3;3-10H,11H2,1-2H3;1-2H3;2*1H4. The number of hydrogen-bond donors (Lipinski definition) is 0. The summed E-state index contributed by atoms with van der Waals surface area (Å²) in [5.41, 5.74) is 7.37. The topological polar surface area (TPSA) is 125 Å². The number of methoxy groups -OCH3 is 4. The third-order valence-corrected chi connectivity index (χ3v) is 29.6. The third-order valence-electron chi connectivity index (χ3n) is 14.6. The third kappa shape index (κ3) is 35.8. The maximum absolute atomic E-state index is 10.9. The lowest BCUT2D eigenvalue weighted by Gasteiger charge is -2.34. The van der Waals surface area contributed by atoms with Gasteiger partial charge in [-0.2, -0.15) is 0 Å². The summed E-state index contributed by atoms with van der Waals surface area (Å²) in [6, 6.07) is 55.5. The van der Waals surface area contributed by atoms with Crippen molar-refractivity contribution in [2.75, 3.05) is 28.4 Å². The molecular formula is C74H116O11Si4. The SMILES string of the molecule is C.C.CCCC[Si](C)(C)O[Si](C)(C)CCCc1ccccc1.CCCC[Si](C)(C)O[Si](C)(C)CCCc1ccccc1OC.COC(C)=O.COc1ccc(C(C)(C)c2ccc(OC(C)=O)cc2)cc1.COc1ccc(Cc2ccc(OC(C)=O)cc2)cc1. The summed E-state index contributed by atoms with van der Waals surface area (Å²) in [7, 11) is 0.491. The van der Waals surface area contributed by atoms with Crippen LogP contribution in [0.1, 0.15) is 135 Å². The smallest absolute Gasteiger partial charge is 0.308 e. The fourth-order valence-corrected chi connectivity index (χ4v) is 28.0. The molecule has 494 valence electrons. The van der Waals surface area contributed by atoms with Crippen molar-refractivity contribution in [3.05, 3.63) is 185 Å². The molecular weight excluding hydrogens is 1180 g/mol. The molecule has 15 heteroatoms. The Morgan fingerprint density at radius 3 is 1.09 bits per heavy atom. The van der Waals surface area contributed by atoms with Crippen LogP contribution in [0.2, 0.25) is 76.6 Å². The van der Waals surface area contributed by atoms with Gasteiger partial charge in [-0.05, 0) is 197 Å². The van der Waals surface area contributed by atoms with E-state index in [1.807, 2.05) is 78.9 Å². The van der Waals surface area contributed by atoms with E-state index in [9.17, 15) is 14.4 Å². The highest BCUT2D eigenvalue weighted by atomic mass is 28.4. The Labute approximate surface area is 544 Å². The molecule has 0 atom stereocenters. The first-order chi connectivity index (χ1) is 41.0. The molecule has 0 spiro atoms. The Bertz CT molecular complexity index is 2850. The summed E-state index contributed by atoms with van der Waals surface area (Å²) in [5, 5.41) is 0. The lowest BCUT2D eigenvalue weighted by molar-refractivity contribution is -0.138. The van der Waals surface area contributed by atoms with Gasteiger partial charge in [0.2, 0.25) is 0 Å². The molecule has 6 aromatic rings. The number of carbonyl (C=O) groups excluding carboxylic acids is 3.